The summed E-state index contributed by atoms with van der Waals surface area (Å²) in [6, 6.07) is 6.56. The van der Waals surface area contributed by atoms with Crippen LogP contribution in [0.25, 0.3) is 0 Å². The molecule has 2 saturated carbocycles. The highest BCUT2D eigenvalue weighted by atomic mass is 32.2. The molecular weight excluding hydrogens is 828 g/mol. The number of sulfone groups is 1. The second kappa shape index (κ2) is 16.7. The van der Waals surface area contributed by atoms with Crippen LogP contribution < -0.4 is 0 Å². The van der Waals surface area contributed by atoms with Gasteiger partial charge in [-0.3, -0.25) is 13.6 Å². The van der Waals surface area contributed by atoms with Crippen LogP contribution in [0, 0.1) is 53.3 Å². The molecule has 8 heterocycles. The predicted molar refractivity (Wildman–Crippen MR) is 221 cm³/mol. The highest BCUT2D eigenvalue weighted by molar-refractivity contribution is 7.91. The summed E-state index contributed by atoms with van der Waals surface area (Å²) in [5, 5.41) is 0. The molecule has 8 aliphatic heterocycles. The minimum atomic E-state index is -3.83. The highest BCUT2D eigenvalue weighted by Gasteiger charge is 2.71. The number of phosphoric acid groups is 1. The molecule has 1 aromatic rings. The molecule has 61 heavy (non-hydrogen) atoms. The Hall–Kier alpha value is -1.04. The molecule has 2 spiro atoms. The zero-order valence-electron chi connectivity index (χ0n) is 37.3. The lowest BCUT2D eigenvalue weighted by atomic mass is 9.56. The molecule has 10 aliphatic rings. The van der Waals surface area contributed by atoms with E-state index in [0.717, 1.165) is 51.4 Å². The number of phosphoric ester groups is 1. The number of hydrogen-bond acceptors (Lipinski definition) is 14. The summed E-state index contributed by atoms with van der Waals surface area (Å²) >= 11 is 0. The van der Waals surface area contributed by atoms with Gasteiger partial charge in [0.25, 0.3) is 0 Å². The first kappa shape index (κ1) is 45.1. The van der Waals surface area contributed by atoms with Crippen molar-refractivity contribution >= 4 is 17.7 Å². The van der Waals surface area contributed by atoms with Gasteiger partial charge in [-0.2, -0.15) is 0 Å². The lowest BCUT2D eigenvalue weighted by molar-refractivity contribution is -0.571. The summed E-state index contributed by atoms with van der Waals surface area (Å²) in [7, 11) is -7.57. The fraction of sp³-hybridized carbons (Fsp3) is 0.867. The van der Waals surface area contributed by atoms with Gasteiger partial charge in [-0.05, 0) is 138 Å². The van der Waals surface area contributed by atoms with Crippen molar-refractivity contribution in [2.24, 2.45) is 53.3 Å². The molecular formula is C45H69O14PS. The van der Waals surface area contributed by atoms with E-state index in [4.69, 9.17) is 52.1 Å². The van der Waals surface area contributed by atoms with Gasteiger partial charge in [0.1, 0.15) is 0 Å². The number of ether oxygens (including phenoxy) is 4. The molecule has 0 aromatic heterocycles. The monoisotopic (exact) mass is 896 g/mol. The van der Waals surface area contributed by atoms with Crippen molar-refractivity contribution in [3.63, 3.8) is 0 Å². The average molecular weight is 897 g/mol. The minimum absolute atomic E-state index is 0.0507. The maximum absolute atomic E-state index is 14.6. The molecule has 0 N–H and O–H groups in total. The van der Waals surface area contributed by atoms with Crippen molar-refractivity contribution in [3.05, 3.63) is 29.8 Å². The van der Waals surface area contributed by atoms with Crippen LogP contribution in [0.3, 0.4) is 0 Å². The second-order valence-electron chi connectivity index (χ2n) is 20.2. The highest BCUT2D eigenvalue weighted by Crippen LogP contribution is 2.63. The van der Waals surface area contributed by atoms with Crippen molar-refractivity contribution in [1.82, 2.24) is 0 Å². The van der Waals surface area contributed by atoms with E-state index < -0.39 is 53.0 Å². The zero-order valence-corrected chi connectivity index (χ0v) is 39.0. The summed E-state index contributed by atoms with van der Waals surface area (Å²) in [5.41, 5.74) is -0.788. The van der Waals surface area contributed by atoms with E-state index >= 15 is 0 Å². The van der Waals surface area contributed by atoms with Crippen LogP contribution >= 0.6 is 7.82 Å². The summed E-state index contributed by atoms with van der Waals surface area (Å²) in [5.74, 6) is -0.622. The molecule has 11 rings (SSSR count). The van der Waals surface area contributed by atoms with Crippen LogP contribution in [-0.4, -0.2) is 74.9 Å². The van der Waals surface area contributed by atoms with Crippen LogP contribution in [0.2, 0.25) is 0 Å². The van der Waals surface area contributed by atoms with E-state index in [1.807, 2.05) is 13.8 Å². The number of benzene rings is 1. The molecule has 0 amide bonds. The molecule has 0 unspecified atom stereocenters. The zero-order chi connectivity index (χ0) is 43.2. The van der Waals surface area contributed by atoms with Gasteiger partial charge in [0.15, 0.2) is 33.6 Å². The molecule has 8 saturated heterocycles. The van der Waals surface area contributed by atoms with E-state index in [1.165, 1.54) is 0 Å². The summed E-state index contributed by atoms with van der Waals surface area (Å²) in [6.45, 7) is 16.6. The van der Waals surface area contributed by atoms with Gasteiger partial charge in [0.2, 0.25) is 11.6 Å². The Labute approximate surface area is 362 Å². The van der Waals surface area contributed by atoms with Crippen LogP contribution in [0.5, 0.6) is 0 Å². The van der Waals surface area contributed by atoms with E-state index in [0.29, 0.717) is 30.2 Å². The van der Waals surface area contributed by atoms with E-state index in [-0.39, 0.29) is 84.1 Å². The Morgan fingerprint density at radius 3 is 1.61 bits per heavy atom. The van der Waals surface area contributed by atoms with E-state index in [1.54, 1.807) is 38.1 Å². The van der Waals surface area contributed by atoms with Crippen molar-refractivity contribution in [3.8, 4) is 0 Å². The van der Waals surface area contributed by atoms with Crippen molar-refractivity contribution in [2.75, 3.05) is 19.0 Å². The van der Waals surface area contributed by atoms with Gasteiger partial charge in [-0.15, -0.1) is 0 Å². The Kier molecular flexibility index (Phi) is 12.3. The minimum Gasteiger partial charge on any atom is -0.346 e. The Morgan fingerprint density at radius 2 is 1.15 bits per heavy atom. The number of hydrogen-bond donors (Lipinski definition) is 0. The summed E-state index contributed by atoms with van der Waals surface area (Å²) in [4.78, 5) is 25.3. The van der Waals surface area contributed by atoms with Gasteiger partial charge in [-0.1, -0.05) is 39.8 Å². The second-order valence-corrected chi connectivity index (χ2v) is 23.9. The van der Waals surface area contributed by atoms with Gasteiger partial charge >= 0.3 is 7.82 Å². The fourth-order valence-electron chi connectivity index (χ4n) is 13.2. The Bertz CT molecular complexity index is 1810. The Morgan fingerprint density at radius 1 is 0.672 bits per heavy atom. The third kappa shape index (κ3) is 7.86. The van der Waals surface area contributed by atoms with Gasteiger partial charge in [-0.25, -0.2) is 32.5 Å². The number of rotatable bonds is 14. The SMILES string of the molecule is CCOP(=O)(OCC)OCc1ccc(S(=O)(=O)CC(C[C@H]2O[C@@H]3O[C@@]4(C)CC[C@H]5[C@H](C)CC[C@@H]([C@H]2C)[C@@]35OO4)C[C@H]2O[C@@H]3O[C@@]4(C)CC[C@H]5[C@H](C)CC[C@@H]([C@H]2C)[C@@]35OO4)cc1. The van der Waals surface area contributed by atoms with Crippen molar-refractivity contribution in [1.29, 1.82) is 0 Å². The lowest BCUT2D eigenvalue weighted by Gasteiger charge is -2.61. The summed E-state index contributed by atoms with van der Waals surface area (Å²) < 4.78 is 85.9. The van der Waals surface area contributed by atoms with Crippen LogP contribution in [0.15, 0.2) is 29.2 Å². The predicted octanol–water partition coefficient (Wildman–Crippen LogP) is 9.06. The van der Waals surface area contributed by atoms with Crippen molar-refractivity contribution in [2.45, 2.75) is 179 Å². The van der Waals surface area contributed by atoms with Gasteiger partial charge in [0, 0.05) is 24.7 Å². The first-order chi connectivity index (χ1) is 29.0. The molecule has 10 fully saturated rings. The topological polar surface area (TPSA) is 153 Å². The normalized spacial score (nSPS) is 45.5. The third-order valence-corrected chi connectivity index (χ3v) is 19.9. The first-order valence-corrected chi connectivity index (χ1v) is 26.3. The van der Waals surface area contributed by atoms with Gasteiger partial charge < -0.3 is 18.9 Å². The van der Waals surface area contributed by atoms with E-state index in [2.05, 4.69) is 27.7 Å². The third-order valence-electron chi connectivity index (χ3n) is 16.4. The first-order valence-electron chi connectivity index (χ1n) is 23.2. The van der Waals surface area contributed by atoms with Crippen molar-refractivity contribution < 1.29 is 65.1 Å². The van der Waals surface area contributed by atoms with Crippen LogP contribution in [-0.2, 0) is 73.1 Å². The molecule has 0 radical (unpaired) electrons. The standard InChI is InChI=1S/C45H69O14PS/c1-9-49-60(46,50-10-2)51-25-31-13-15-33(16-14-31)61(47,48)26-32(23-38-29(5)36-17-11-27(3)34-19-21-42(7)54-40(52-38)44(34,36)58-56-42)24-39-30(6)37-18-12-28(4)35-20-22-43(8)55-41(53-39)45(35,37)59-57-43/h13-16,27-30,32,34-41H,9-12,17-26H2,1-8H3/t27-,28-,29-,30-,34+,35+,36+,37+,38-,39-,40-,41-,42-,43-,44-,45-/m1/s1. The maximum Gasteiger partial charge on any atom is 0.475 e. The molecule has 2 aliphatic carbocycles. The largest absolute Gasteiger partial charge is 0.475 e. The van der Waals surface area contributed by atoms with Crippen LogP contribution in [0.1, 0.15) is 125 Å². The maximum atomic E-state index is 14.6. The quantitative estimate of drug-likeness (QED) is 0.129. The van der Waals surface area contributed by atoms with E-state index in [9.17, 15) is 13.0 Å². The number of fused-ring (bicyclic) bond motifs is 4. The average Bonchev–Trinajstić information content (AvgIpc) is 3.59. The molecule has 4 bridgehead atoms. The molecule has 14 nitrogen and oxygen atoms in total. The lowest BCUT2D eigenvalue weighted by Crippen LogP contribution is -2.70. The van der Waals surface area contributed by atoms with Crippen LogP contribution in [0.4, 0.5) is 0 Å². The summed E-state index contributed by atoms with van der Waals surface area (Å²) in [6.07, 6.45) is 6.52. The molecule has 16 heteroatoms. The Balaban J connectivity index is 0.998. The smallest absolute Gasteiger partial charge is 0.346 e. The molecule has 344 valence electrons. The van der Waals surface area contributed by atoms with Gasteiger partial charge in [0.05, 0.1) is 42.7 Å². The molecule has 1 aromatic carbocycles. The fourth-order valence-corrected chi connectivity index (χ4v) is 16.0. The molecule has 16 atom stereocenters.